The summed E-state index contributed by atoms with van der Waals surface area (Å²) in [5, 5.41) is 24.0. The standard InChI is InChI=1S/C25H23Cl2NO4/c26-18-5-1-16(2-6-18)24(29)14-28-19-7-3-15-4-8-20(12-17(15)11-19)32-21-9-10-23(27)22(13-21)25(30)31/h1-2,4-6,8-10,12-13,19,24,28-29H,3,7,11,14H2,(H,30,31)/t19-,24-/m0/s1. The molecule has 4 rings (SSSR count). The second kappa shape index (κ2) is 9.92. The van der Waals surface area contributed by atoms with Gasteiger partial charge in [-0.1, -0.05) is 41.4 Å². The fourth-order valence-corrected chi connectivity index (χ4v) is 4.24. The average Bonchev–Trinajstić information content (AvgIpc) is 2.78. The van der Waals surface area contributed by atoms with Crippen molar-refractivity contribution in [2.45, 2.75) is 31.4 Å². The van der Waals surface area contributed by atoms with Gasteiger partial charge in [0.2, 0.25) is 0 Å². The van der Waals surface area contributed by atoms with Crippen LogP contribution < -0.4 is 10.1 Å². The van der Waals surface area contributed by atoms with E-state index in [4.69, 9.17) is 27.9 Å². The number of rotatable bonds is 7. The van der Waals surface area contributed by atoms with Crippen molar-refractivity contribution in [1.82, 2.24) is 5.32 Å². The molecule has 0 heterocycles. The minimum Gasteiger partial charge on any atom is -0.478 e. The highest BCUT2D eigenvalue weighted by Crippen LogP contribution is 2.30. The van der Waals surface area contributed by atoms with E-state index < -0.39 is 12.1 Å². The Labute approximate surface area is 196 Å². The number of hydrogen-bond donors (Lipinski definition) is 3. The molecule has 0 saturated heterocycles. The number of carbonyl (C=O) groups is 1. The number of aromatic carboxylic acids is 1. The molecule has 0 unspecified atom stereocenters. The molecule has 0 aromatic heterocycles. The molecule has 0 bridgehead atoms. The van der Waals surface area contributed by atoms with Gasteiger partial charge in [-0.25, -0.2) is 4.79 Å². The first-order valence-electron chi connectivity index (χ1n) is 10.4. The second-order valence-electron chi connectivity index (χ2n) is 7.89. The van der Waals surface area contributed by atoms with Gasteiger partial charge in [-0.05, 0) is 78.4 Å². The van der Waals surface area contributed by atoms with Crippen molar-refractivity contribution in [2.75, 3.05) is 6.54 Å². The number of aryl methyl sites for hydroxylation is 1. The van der Waals surface area contributed by atoms with Crippen LogP contribution in [0, 0.1) is 0 Å². The molecule has 0 fully saturated rings. The first-order valence-corrected chi connectivity index (χ1v) is 11.1. The largest absolute Gasteiger partial charge is 0.478 e. The predicted octanol–water partition coefficient (Wildman–Crippen LogP) is 5.66. The van der Waals surface area contributed by atoms with Gasteiger partial charge >= 0.3 is 5.97 Å². The number of fused-ring (bicyclic) bond motifs is 1. The van der Waals surface area contributed by atoms with E-state index in [2.05, 4.69) is 11.4 Å². The third-order valence-electron chi connectivity index (χ3n) is 5.66. The molecule has 5 nitrogen and oxygen atoms in total. The molecule has 0 aliphatic heterocycles. The summed E-state index contributed by atoms with van der Waals surface area (Å²) in [7, 11) is 0. The Morgan fingerprint density at radius 2 is 1.75 bits per heavy atom. The van der Waals surface area contributed by atoms with Crippen LogP contribution in [0.15, 0.2) is 60.7 Å². The van der Waals surface area contributed by atoms with Crippen LogP contribution in [0.5, 0.6) is 11.5 Å². The summed E-state index contributed by atoms with van der Waals surface area (Å²) in [6.45, 7) is 0.459. The van der Waals surface area contributed by atoms with Gasteiger partial charge in [0, 0.05) is 17.6 Å². The summed E-state index contributed by atoms with van der Waals surface area (Å²) < 4.78 is 5.90. The fraction of sp³-hybridized carbons (Fsp3) is 0.240. The zero-order valence-corrected chi connectivity index (χ0v) is 18.7. The van der Waals surface area contributed by atoms with Gasteiger partial charge in [-0.15, -0.1) is 0 Å². The number of carboxylic acids is 1. The molecule has 3 aromatic carbocycles. The molecular formula is C25H23Cl2NO4. The van der Waals surface area contributed by atoms with E-state index in [9.17, 15) is 15.0 Å². The van der Waals surface area contributed by atoms with Crippen molar-refractivity contribution in [3.8, 4) is 11.5 Å². The Kier molecular flexibility index (Phi) is 7.01. The van der Waals surface area contributed by atoms with Crippen molar-refractivity contribution < 1.29 is 19.7 Å². The van der Waals surface area contributed by atoms with Crippen LogP contribution in [0.1, 0.15) is 39.6 Å². The van der Waals surface area contributed by atoms with Crippen molar-refractivity contribution in [3.05, 3.63) is 93.0 Å². The summed E-state index contributed by atoms with van der Waals surface area (Å²) in [6.07, 6.45) is 2.14. The topological polar surface area (TPSA) is 78.8 Å². The maximum atomic E-state index is 11.3. The predicted molar refractivity (Wildman–Crippen MR) is 125 cm³/mol. The van der Waals surface area contributed by atoms with Crippen LogP contribution >= 0.6 is 23.2 Å². The van der Waals surface area contributed by atoms with Gasteiger partial charge in [0.25, 0.3) is 0 Å². The lowest BCUT2D eigenvalue weighted by atomic mass is 9.88. The summed E-state index contributed by atoms with van der Waals surface area (Å²) in [6, 6.07) is 18.0. The molecule has 0 radical (unpaired) electrons. The Bertz CT molecular complexity index is 1120. The number of benzene rings is 3. The third kappa shape index (κ3) is 5.43. The summed E-state index contributed by atoms with van der Waals surface area (Å²) >= 11 is 11.9. The molecule has 2 atom stereocenters. The lowest BCUT2D eigenvalue weighted by Crippen LogP contribution is -2.37. The van der Waals surface area contributed by atoms with E-state index in [1.165, 1.54) is 23.3 Å². The Hall–Kier alpha value is -2.57. The van der Waals surface area contributed by atoms with Crippen molar-refractivity contribution in [2.24, 2.45) is 0 Å². The monoisotopic (exact) mass is 471 g/mol. The average molecular weight is 472 g/mol. The maximum absolute atomic E-state index is 11.3. The Morgan fingerprint density at radius 1 is 1.03 bits per heavy atom. The maximum Gasteiger partial charge on any atom is 0.337 e. The van der Waals surface area contributed by atoms with E-state index in [-0.39, 0.29) is 16.6 Å². The summed E-state index contributed by atoms with van der Waals surface area (Å²) in [4.78, 5) is 11.3. The first-order chi connectivity index (χ1) is 15.4. The van der Waals surface area contributed by atoms with E-state index in [1.54, 1.807) is 18.2 Å². The zero-order chi connectivity index (χ0) is 22.7. The van der Waals surface area contributed by atoms with E-state index >= 15 is 0 Å². The summed E-state index contributed by atoms with van der Waals surface area (Å²) in [5.41, 5.74) is 3.29. The minimum absolute atomic E-state index is 0.00522. The quantitative estimate of drug-likeness (QED) is 0.413. The smallest absolute Gasteiger partial charge is 0.337 e. The lowest BCUT2D eigenvalue weighted by Gasteiger charge is -2.27. The van der Waals surface area contributed by atoms with E-state index in [0.717, 1.165) is 24.8 Å². The van der Waals surface area contributed by atoms with Gasteiger partial charge in [0.05, 0.1) is 16.7 Å². The van der Waals surface area contributed by atoms with Gasteiger partial charge in [-0.3, -0.25) is 0 Å². The molecular weight excluding hydrogens is 449 g/mol. The molecule has 0 amide bonds. The van der Waals surface area contributed by atoms with Gasteiger partial charge in [0.1, 0.15) is 11.5 Å². The normalized spacial score (nSPS) is 16.3. The number of nitrogens with one attached hydrogen (secondary N) is 1. The van der Waals surface area contributed by atoms with Gasteiger partial charge in [-0.2, -0.15) is 0 Å². The molecule has 1 aliphatic rings. The molecule has 32 heavy (non-hydrogen) atoms. The number of halogens is 2. The highest BCUT2D eigenvalue weighted by atomic mass is 35.5. The van der Waals surface area contributed by atoms with Crippen LogP contribution in [0.2, 0.25) is 10.0 Å². The molecule has 3 aromatic rings. The third-order valence-corrected chi connectivity index (χ3v) is 6.25. The molecule has 7 heteroatoms. The number of ether oxygens (including phenoxy) is 1. The van der Waals surface area contributed by atoms with Crippen LogP contribution in [0.25, 0.3) is 0 Å². The first kappa shape index (κ1) is 22.6. The van der Waals surface area contributed by atoms with Crippen LogP contribution in [-0.4, -0.2) is 28.8 Å². The number of aliphatic hydroxyl groups is 1. The van der Waals surface area contributed by atoms with Gasteiger partial charge in [0.15, 0.2) is 0 Å². The van der Waals surface area contributed by atoms with Gasteiger partial charge < -0.3 is 20.3 Å². The molecule has 1 aliphatic carbocycles. The molecule has 0 spiro atoms. The molecule has 3 N–H and O–H groups in total. The van der Waals surface area contributed by atoms with Crippen molar-refractivity contribution in [1.29, 1.82) is 0 Å². The van der Waals surface area contributed by atoms with E-state index in [0.29, 0.717) is 23.1 Å². The summed E-state index contributed by atoms with van der Waals surface area (Å²) in [5.74, 6) is -0.0341. The van der Waals surface area contributed by atoms with E-state index in [1.807, 2.05) is 24.3 Å². The molecule has 0 saturated carbocycles. The van der Waals surface area contributed by atoms with Crippen molar-refractivity contribution >= 4 is 29.2 Å². The number of carboxylic acid groups (broad SMARTS) is 1. The highest BCUT2D eigenvalue weighted by Gasteiger charge is 2.20. The Morgan fingerprint density at radius 3 is 2.50 bits per heavy atom. The number of aliphatic hydroxyl groups excluding tert-OH is 1. The second-order valence-corrected chi connectivity index (χ2v) is 8.74. The van der Waals surface area contributed by atoms with Crippen LogP contribution in [0.4, 0.5) is 0 Å². The highest BCUT2D eigenvalue weighted by molar-refractivity contribution is 6.33. The lowest BCUT2D eigenvalue weighted by molar-refractivity contribution is 0.0696. The number of hydrogen-bond acceptors (Lipinski definition) is 4. The SMILES string of the molecule is O=C(O)c1cc(Oc2ccc3c(c2)C[C@@H](NC[C@H](O)c2ccc(Cl)cc2)CC3)ccc1Cl. The fourth-order valence-electron chi connectivity index (χ4n) is 3.92. The zero-order valence-electron chi connectivity index (χ0n) is 17.2. The van der Waals surface area contributed by atoms with Crippen LogP contribution in [0.3, 0.4) is 0 Å². The van der Waals surface area contributed by atoms with Crippen molar-refractivity contribution in [3.63, 3.8) is 0 Å². The van der Waals surface area contributed by atoms with Crippen LogP contribution in [-0.2, 0) is 12.8 Å². The Balaban J connectivity index is 1.40. The molecule has 166 valence electrons. The minimum atomic E-state index is -1.10.